The van der Waals surface area contributed by atoms with Crippen LogP contribution in [0.2, 0.25) is 0 Å². The second-order valence-corrected chi connectivity index (χ2v) is 9.62. The van der Waals surface area contributed by atoms with E-state index in [4.69, 9.17) is 9.47 Å². The van der Waals surface area contributed by atoms with Gasteiger partial charge in [0.15, 0.2) is 13.2 Å². The van der Waals surface area contributed by atoms with Gasteiger partial charge in [0, 0.05) is 23.5 Å². The van der Waals surface area contributed by atoms with E-state index in [1.54, 1.807) is 9.80 Å². The molecular formula is C30H28N2O6. The minimum atomic E-state index is -0.671. The lowest BCUT2D eigenvalue weighted by Gasteiger charge is -2.22. The molecule has 0 bridgehead atoms. The quantitative estimate of drug-likeness (QED) is 0.465. The van der Waals surface area contributed by atoms with Gasteiger partial charge in [-0.2, -0.15) is 0 Å². The highest BCUT2D eigenvalue weighted by Crippen LogP contribution is 2.32. The number of amides is 2. The van der Waals surface area contributed by atoms with Crippen LogP contribution in [0.3, 0.4) is 0 Å². The number of hydrogen-bond acceptors (Lipinski definition) is 6. The number of carbonyl (C=O) groups is 4. The van der Waals surface area contributed by atoms with Crippen LogP contribution < -0.4 is 9.80 Å². The summed E-state index contributed by atoms with van der Waals surface area (Å²) < 4.78 is 10.5. The maximum absolute atomic E-state index is 12.8. The van der Waals surface area contributed by atoms with E-state index < -0.39 is 11.9 Å². The molecule has 8 nitrogen and oxygen atoms in total. The van der Waals surface area contributed by atoms with Crippen LogP contribution in [-0.2, 0) is 31.9 Å². The Kier molecular flexibility index (Phi) is 6.96. The highest BCUT2D eigenvalue weighted by Gasteiger charge is 2.32. The monoisotopic (exact) mass is 512 g/mol. The average molecular weight is 513 g/mol. The molecule has 5 rings (SSSR count). The summed E-state index contributed by atoms with van der Waals surface area (Å²) in [4.78, 5) is 53.9. The minimum Gasteiger partial charge on any atom is -0.452 e. The number of rotatable bonds is 6. The number of hydrogen-bond donors (Lipinski definition) is 0. The van der Waals surface area contributed by atoms with Crippen molar-refractivity contribution in [3.8, 4) is 0 Å². The van der Waals surface area contributed by atoms with Crippen molar-refractivity contribution in [1.29, 1.82) is 0 Å². The molecule has 3 aromatic rings. The molecule has 2 atom stereocenters. The maximum Gasteiger partial charge on any atom is 0.338 e. The number of anilines is 2. The van der Waals surface area contributed by atoms with Crippen molar-refractivity contribution in [1.82, 2.24) is 0 Å². The Hall–Kier alpha value is -4.46. The van der Waals surface area contributed by atoms with E-state index in [0.717, 1.165) is 35.3 Å². The maximum atomic E-state index is 12.8. The van der Waals surface area contributed by atoms with Gasteiger partial charge in [0.1, 0.15) is 0 Å². The second kappa shape index (κ2) is 10.5. The lowest BCUT2D eigenvalue weighted by molar-refractivity contribution is -0.122. The summed E-state index contributed by atoms with van der Waals surface area (Å²) >= 11 is 0. The summed E-state index contributed by atoms with van der Waals surface area (Å²) in [5, 5.41) is 0. The van der Waals surface area contributed by atoms with Gasteiger partial charge in [-0.25, -0.2) is 9.59 Å². The second-order valence-electron chi connectivity index (χ2n) is 9.62. The lowest BCUT2D eigenvalue weighted by Crippen LogP contribution is -2.38. The van der Waals surface area contributed by atoms with Gasteiger partial charge in [-0.1, -0.05) is 36.4 Å². The van der Waals surface area contributed by atoms with Crippen molar-refractivity contribution in [2.75, 3.05) is 23.0 Å². The summed E-state index contributed by atoms with van der Waals surface area (Å²) in [7, 11) is 0. The molecule has 38 heavy (non-hydrogen) atoms. The van der Waals surface area contributed by atoms with Gasteiger partial charge in [-0.15, -0.1) is 0 Å². The summed E-state index contributed by atoms with van der Waals surface area (Å²) in [5.74, 6) is -1.93. The fourth-order valence-electron chi connectivity index (χ4n) is 5.19. The standard InChI is InChI=1S/C30H28N2O6/c1-19-15-23-7-3-5-9-25(23)31(19)27(33)17-37-29(35)21-11-13-22(14-12-21)30(36)38-18-28(34)32-20(2)16-24-8-4-6-10-26(24)32/h3-14,19-20H,15-18H2,1-2H3. The van der Waals surface area contributed by atoms with Gasteiger partial charge in [-0.3, -0.25) is 9.59 Å². The summed E-state index contributed by atoms with van der Waals surface area (Å²) in [5.41, 5.74) is 4.24. The molecule has 2 aliphatic heterocycles. The van der Waals surface area contributed by atoms with Crippen LogP contribution in [0.5, 0.6) is 0 Å². The Morgan fingerprint density at radius 2 is 1.00 bits per heavy atom. The average Bonchev–Trinajstić information content (AvgIpc) is 3.45. The van der Waals surface area contributed by atoms with Gasteiger partial charge in [-0.05, 0) is 74.2 Å². The first-order valence-corrected chi connectivity index (χ1v) is 12.6. The van der Waals surface area contributed by atoms with Crippen LogP contribution >= 0.6 is 0 Å². The zero-order chi connectivity index (χ0) is 26.8. The molecule has 8 heteroatoms. The van der Waals surface area contributed by atoms with Crippen molar-refractivity contribution >= 4 is 35.1 Å². The summed E-state index contributed by atoms with van der Waals surface area (Å²) in [6.07, 6.45) is 1.51. The number of esters is 2. The first kappa shape index (κ1) is 25.2. The molecule has 0 saturated heterocycles. The fourth-order valence-corrected chi connectivity index (χ4v) is 5.19. The first-order valence-electron chi connectivity index (χ1n) is 12.6. The smallest absolute Gasteiger partial charge is 0.338 e. The van der Waals surface area contributed by atoms with Gasteiger partial charge in [0.2, 0.25) is 0 Å². The molecule has 3 aromatic carbocycles. The first-order chi connectivity index (χ1) is 18.3. The molecule has 0 aromatic heterocycles. The number of nitrogens with zero attached hydrogens (tertiary/aromatic N) is 2. The Bertz CT molecular complexity index is 1290. The van der Waals surface area contributed by atoms with E-state index in [1.165, 1.54) is 24.3 Å². The molecule has 0 N–H and O–H groups in total. The van der Waals surface area contributed by atoms with Crippen LogP contribution in [0.15, 0.2) is 72.8 Å². The predicted molar refractivity (Wildman–Crippen MR) is 141 cm³/mol. The van der Waals surface area contributed by atoms with Gasteiger partial charge in [0.05, 0.1) is 11.1 Å². The number of carbonyl (C=O) groups excluding carboxylic acids is 4. The van der Waals surface area contributed by atoms with Crippen LogP contribution in [0.1, 0.15) is 45.7 Å². The van der Waals surface area contributed by atoms with E-state index in [9.17, 15) is 19.2 Å². The molecule has 0 aliphatic carbocycles. The Morgan fingerprint density at radius 3 is 1.39 bits per heavy atom. The normalized spacial score (nSPS) is 17.5. The molecule has 0 fully saturated rings. The molecule has 2 aliphatic rings. The van der Waals surface area contributed by atoms with E-state index in [0.29, 0.717) is 0 Å². The van der Waals surface area contributed by atoms with Crippen molar-refractivity contribution in [3.05, 3.63) is 95.1 Å². The number of ether oxygens (including phenoxy) is 2. The van der Waals surface area contributed by atoms with Crippen LogP contribution in [-0.4, -0.2) is 49.1 Å². The zero-order valence-corrected chi connectivity index (χ0v) is 21.3. The zero-order valence-electron chi connectivity index (χ0n) is 21.3. The largest absolute Gasteiger partial charge is 0.452 e. The molecule has 0 saturated carbocycles. The molecule has 2 amide bonds. The third-order valence-corrected chi connectivity index (χ3v) is 6.96. The Labute approximate surface area is 220 Å². The van der Waals surface area contributed by atoms with Crippen molar-refractivity contribution < 1.29 is 28.7 Å². The fraction of sp³-hybridized carbons (Fsp3) is 0.267. The SMILES string of the molecule is CC1Cc2ccccc2N1C(=O)COC(=O)c1ccc(C(=O)OCC(=O)N2c3ccccc3CC2C)cc1. The summed E-state index contributed by atoms with van der Waals surface area (Å²) in [6.45, 7) is 3.13. The number of fused-ring (bicyclic) bond motifs is 2. The van der Waals surface area contributed by atoms with Gasteiger partial charge >= 0.3 is 11.9 Å². The number of para-hydroxylation sites is 2. The molecule has 2 unspecified atom stereocenters. The van der Waals surface area contributed by atoms with E-state index in [-0.39, 0.29) is 48.2 Å². The molecule has 2 heterocycles. The van der Waals surface area contributed by atoms with Crippen LogP contribution in [0, 0.1) is 0 Å². The number of benzene rings is 3. The van der Waals surface area contributed by atoms with Gasteiger partial charge in [0.25, 0.3) is 11.8 Å². The van der Waals surface area contributed by atoms with Gasteiger partial charge < -0.3 is 19.3 Å². The third-order valence-electron chi connectivity index (χ3n) is 6.96. The van der Waals surface area contributed by atoms with Crippen molar-refractivity contribution in [3.63, 3.8) is 0 Å². The lowest BCUT2D eigenvalue weighted by atomic mass is 10.1. The van der Waals surface area contributed by atoms with Crippen molar-refractivity contribution in [2.24, 2.45) is 0 Å². The highest BCUT2D eigenvalue weighted by molar-refractivity contribution is 6.00. The topological polar surface area (TPSA) is 93.2 Å². The van der Waals surface area contributed by atoms with Crippen molar-refractivity contribution in [2.45, 2.75) is 38.8 Å². The molecular weight excluding hydrogens is 484 g/mol. The predicted octanol–water partition coefficient (Wildman–Crippen LogP) is 3.96. The molecule has 0 radical (unpaired) electrons. The molecule has 194 valence electrons. The summed E-state index contributed by atoms with van der Waals surface area (Å²) in [6, 6.07) is 21.0. The highest BCUT2D eigenvalue weighted by atomic mass is 16.5. The third kappa shape index (κ3) is 4.89. The van der Waals surface area contributed by atoms with Crippen LogP contribution in [0.4, 0.5) is 11.4 Å². The Balaban J connectivity index is 1.13. The van der Waals surface area contributed by atoms with E-state index in [1.807, 2.05) is 62.4 Å². The minimum absolute atomic E-state index is 0.0146. The van der Waals surface area contributed by atoms with E-state index in [2.05, 4.69) is 0 Å². The van der Waals surface area contributed by atoms with Crippen LogP contribution in [0.25, 0.3) is 0 Å². The van der Waals surface area contributed by atoms with E-state index >= 15 is 0 Å². The molecule has 0 spiro atoms. The Morgan fingerprint density at radius 1 is 0.632 bits per heavy atom.